The summed E-state index contributed by atoms with van der Waals surface area (Å²) in [4.78, 5) is 6.53. The van der Waals surface area contributed by atoms with E-state index in [0.29, 0.717) is 31.2 Å². The van der Waals surface area contributed by atoms with E-state index in [1.807, 2.05) is 48.5 Å². The first kappa shape index (κ1) is 15.9. The molecule has 4 rings (SSSR count). The van der Waals surface area contributed by atoms with Gasteiger partial charge in [-0.2, -0.15) is 0 Å². The molecule has 0 atom stereocenters. The molecule has 2 aromatic heterocycles. The minimum absolute atomic E-state index is 0.539. The molecule has 1 aliphatic rings. The third-order valence-electron chi connectivity index (χ3n) is 4.67. The quantitative estimate of drug-likeness (QED) is 0.789. The number of aliphatic hydroxyl groups is 1. The highest BCUT2D eigenvalue weighted by atomic mass is 16.4. The lowest BCUT2D eigenvalue weighted by atomic mass is 9.88. The molecule has 1 N–H and O–H groups in total. The number of hydrogen-bond acceptors (Lipinski definition) is 6. The Morgan fingerprint density at radius 2 is 1.76 bits per heavy atom. The van der Waals surface area contributed by atoms with Crippen molar-refractivity contribution in [3.8, 4) is 11.5 Å². The third kappa shape index (κ3) is 3.45. The third-order valence-corrected chi connectivity index (χ3v) is 4.67. The number of nitrogens with zero attached hydrogens (tertiary/aromatic N) is 4. The van der Waals surface area contributed by atoms with Crippen LogP contribution in [0, 0.1) is 0 Å². The highest BCUT2D eigenvalue weighted by molar-refractivity contribution is 5.51. The van der Waals surface area contributed by atoms with Crippen LogP contribution in [-0.2, 0) is 12.1 Å². The fraction of sp³-hybridized carbons (Fsp3) is 0.316. The van der Waals surface area contributed by atoms with E-state index in [0.717, 1.165) is 24.3 Å². The number of likely N-dealkylation sites (tertiary alicyclic amines) is 1. The molecule has 25 heavy (non-hydrogen) atoms. The maximum Gasteiger partial charge on any atom is 0.247 e. The zero-order valence-corrected chi connectivity index (χ0v) is 13.9. The predicted octanol–water partition coefficient (Wildman–Crippen LogP) is 2.62. The Hall–Kier alpha value is -2.57. The van der Waals surface area contributed by atoms with Crippen molar-refractivity contribution in [2.24, 2.45) is 0 Å². The van der Waals surface area contributed by atoms with E-state index in [1.165, 1.54) is 0 Å². The van der Waals surface area contributed by atoms with E-state index >= 15 is 0 Å². The van der Waals surface area contributed by atoms with Crippen LogP contribution in [0.25, 0.3) is 11.5 Å². The molecule has 0 unspecified atom stereocenters. The van der Waals surface area contributed by atoms with Crippen LogP contribution < -0.4 is 0 Å². The van der Waals surface area contributed by atoms with Crippen molar-refractivity contribution in [2.75, 3.05) is 13.1 Å². The average molecular weight is 336 g/mol. The minimum atomic E-state index is -0.845. The van der Waals surface area contributed by atoms with E-state index in [9.17, 15) is 5.11 Å². The van der Waals surface area contributed by atoms with Crippen molar-refractivity contribution in [3.05, 3.63) is 66.3 Å². The standard InChI is InChI=1S/C19H20N4O2/c24-19(16-8-4-5-11-20-16)9-12-23(13-10-19)14-17-21-22-18(25-17)15-6-2-1-3-7-15/h1-8,11,24H,9-10,12-14H2. The number of piperidine rings is 1. The van der Waals surface area contributed by atoms with Gasteiger partial charge in [-0.05, 0) is 37.1 Å². The summed E-state index contributed by atoms with van der Waals surface area (Å²) in [5.74, 6) is 1.14. The lowest BCUT2D eigenvalue weighted by molar-refractivity contribution is -0.0325. The summed E-state index contributed by atoms with van der Waals surface area (Å²) in [5, 5.41) is 19.1. The Labute approximate surface area is 146 Å². The molecule has 1 fully saturated rings. The van der Waals surface area contributed by atoms with E-state index in [4.69, 9.17) is 4.42 Å². The van der Waals surface area contributed by atoms with Gasteiger partial charge in [0.25, 0.3) is 0 Å². The Kier molecular flexibility index (Phi) is 4.29. The Bertz CT molecular complexity index is 812. The lowest BCUT2D eigenvalue weighted by Crippen LogP contribution is -2.42. The van der Waals surface area contributed by atoms with Crippen LogP contribution in [-0.4, -0.2) is 38.3 Å². The van der Waals surface area contributed by atoms with Gasteiger partial charge < -0.3 is 9.52 Å². The molecule has 1 aromatic carbocycles. The molecule has 0 amide bonds. The van der Waals surface area contributed by atoms with Gasteiger partial charge in [0.05, 0.1) is 12.2 Å². The Balaban J connectivity index is 1.39. The fourth-order valence-electron chi connectivity index (χ4n) is 3.18. The zero-order valence-electron chi connectivity index (χ0n) is 13.9. The molecule has 0 radical (unpaired) electrons. The molecule has 3 heterocycles. The van der Waals surface area contributed by atoms with Crippen LogP contribution >= 0.6 is 0 Å². The van der Waals surface area contributed by atoms with Gasteiger partial charge in [0.2, 0.25) is 11.8 Å². The second-order valence-corrected chi connectivity index (χ2v) is 6.39. The van der Waals surface area contributed by atoms with Crippen molar-refractivity contribution >= 4 is 0 Å². The molecule has 0 saturated carbocycles. The summed E-state index contributed by atoms with van der Waals surface area (Å²) in [6, 6.07) is 15.4. The monoisotopic (exact) mass is 336 g/mol. The van der Waals surface area contributed by atoms with E-state index in [1.54, 1.807) is 6.20 Å². The Morgan fingerprint density at radius 1 is 1.00 bits per heavy atom. The van der Waals surface area contributed by atoms with Crippen LogP contribution in [0.1, 0.15) is 24.4 Å². The van der Waals surface area contributed by atoms with E-state index in [2.05, 4.69) is 20.1 Å². The van der Waals surface area contributed by atoms with Gasteiger partial charge in [0.15, 0.2) is 0 Å². The first-order chi connectivity index (χ1) is 12.2. The second-order valence-electron chi connectivity index (χ2n) is 6.39. The smallest absolute Gasteiger partial charge is 0.247 e. The van der Waals surface area contributed by atoms with Crippen LogP contribution in [0.2, 0.25) is 0 Å². The maximum atomic E-state index is 10.8. The largest absolute Gasteiger partial charge is 0.419 e. The normalized spacial score (nSPS) is 17.5. The summed E-state index contributed by atoms with van der Waals surface area (Å²) in [5.41, 5.74) is 0.824. The SMILES string of the molecule is OC1(c2ccccn2)CCN(Cc2nnc(-c3ccccc3)o2)CC1. The summed E-state index contributed by atoms with van der Waals surface area (Å²) < 4.78 is 5.77. The number of hydrogen-bond donors (Lipinski definition) is 1. The topological polar surface area (TPSA) is 75.3 Å². The van der Waals surface area contributed by atoms with Gasteiger partial charge in [-0.1, -0.05) is 24.3 Å². The molecule has 1 saturated heterocycles. The van der Waals surface area contributed by atoms with Crippen LogP contribution in [0.15, 0.2) is 59.1 Å². The summed E-state index contributed by atoms with van der Waals surface area (Å²) in [6.45, 7) is 2.12. The molecule has 6 nitrogen and oxygen atoms in total. The molecule has 3 aromatic rings. The van der Waals surface area contributed by atoms with Gasteiger partial charge in [0, 0.05) is 24.8 Å². The van der Waals surface area contributed by atoms with Gasteiger partial charge in [0.1, 0.15) is 5.60 Å². The summed E-state index contributed by atoms with van der Waals surface area (Å²) >= 11 is 0. The van der Waals surface area contributed by atoms with E-state index < -0.39 is 5.60 Å². The number of rotatable bonds is 4. The molecule has 0 bridgehead atoms. The van der Waals surface area contributed by atoms with Gasteiger partial charge in [-0.3, -0.25) is 9.88 Å². The van der Waals surface area contributed by atoms with E-state index in [-0.39, 0.29) is 0 Å². The van der Waals surface area contributed by atoms with Crippen molar-refractivity contribution in [3.63, 3.8) is 0 Å². The zero-order chi connectivity index (χ0) is 17.1. The second kappa shape index (κ2) is 6.74. The predicted molar refractivity (Wildman–Crippen MR) is 92.4 cm³/mol. The number of pyridine rings is 1. The molecular weight excluding hydrogens is 316 g/mol. The fourth-order valence-corrected chi connectivity index (χ4v) is 3.18. The van der Waals surface area contributed by atoms with Gasteiger partial charge >= 0.3 is 0 Å². The number of aromatic nitrogens is 3. The molecular formula is C19H20N4O2. The van der Waals surface area contributed by atoms with Crippen molar-refractivity contribution < 1.29 is 9.52 Å². The average Bonchev–Trinajstić information content (AvgIpc) is 3.14. The first-order valence-corrected chi connectivity index (χ1v) is 8.47. The highest BCUT2D eigenvalue weighted by Gasteiger charge is 2.35. The van der Waals surface area contributed by atoms with Gasteiger partial charge in [-0.25, -0.2) is 0 Å². The Morgan fingerprint density at radius 3 is 2.48 bits per heavy atom. The van der Waals surface area contributed by atoms with Gasteiger partial charge in [-0.15, -0.1) is 10.2 Å². The van der Waals surface area contributed by atoms with Crippen molar-refractivity contribution in [2.45, 2.75) is 25.0 Å². The molecule has 6 heteroatoms. The van der Waals surface area contributed by atoms with Crippen molar-refractivity contribution in [1.29, 1.82) is 0 Å². The highest BCUT2D eigenvalue weighted by Crippen LogP contribution is 2.31. The van der Waals surface area contributed by atoms with Crippen molar-refractivity contribution in [1.82, 2.24) is 20.1 Å². The lowest BCUT2D eigenvalue weighted by Gasteiger charge is -2.37. The minimum Gasteiger partial charge on any atom is -0.419 e. The summed E-state index contributed by atoms with van der Waals surface area (Å²) in [7, 11) is 0. The maximum absolute atomic E-state index is 10.8. The molecule has 0 spiro atoms. The van der Waals surface area contributed by atoms with Crippen LogP contribution in [0.4, 0.5) is 0 Å². The summed E-state index contributed by atoms with van der Waals surface area (Å²) in [6.07, 6.45) is 3.01. The number of benzene rings is 1. The molecule has 0 aliphatic carbocycles. The first-order valence-electron chi connectivity index (χ1n) is 8.47. The molecule has 1 aliphatic heterocycles. The van der Waals surface area contributed by atoms with Crippen LogP contribution in [0.5, 0.6) is 0 Å². The molecule has 128 valence electrons. The van der Waals surface area contributed by atoms with Crippen LogP contribution in [0.3, 0.4) is 0 Å².